The molecule has 0 fully saturated rings. The summed E-state index contributed by atoms with van der Waals surface area (Å²) in [5.41, 5.74) is 0.989. The highest BCUT2D eigenvalue weighted by molar-refractivity contribution is 7.98. The normalized spacial score (nSPS) is 11.1. The third kappa shape index (κ3) is 3.90. The van der Waals surface area contributed by atoms with Gasteiger partial charge in [-0.05, 0) is 12.3 Å². The Labute approximate surface area is 176 Å². The fraction of sp³-hybridized carbons (Fsp3) is 0.188. The van der Waals surface area contributed by atoms with Gasteiger partial charge in [0.25, 0.3) is 0 Å². The van der Waals surface area contributed by atoms with E-state index in [0.29, 0.717) is 38.8 Å². The molecule has 0 saturated carbocycles. The van der Waals surface area contributed by atoms with Crippen LogP contribution < -0.4 is 14.2 Å². The molecule has 0 bridgehead atoms. The molecule has 0 spiro atoms. The second-order valence-electron chi connectivity index (χ2n) is 5.30. The highest BCUT2D eigenvalue weighted by atomic mass is 35.5. The first-order valence-electron chi connectivity index (χ1n) is 7.62. The molecule has 148 valence electrons. The van der Waals surface area contributed by atoms with Crippen molar-refractivity contribution in [3.63, 3.8) is 0 Å². The predicted molar refractivity (Wildman–Crippen MR) is 112 cm³/mol. The fourth-order valence-electron chi connectivity index (χ4n) is 2.52. The molecule has 28 heavy (non-hydrogen) atoms. The molecule has 12 heteroatoms. The molecule has 2 heterocycles. The Kier molecular flexibility index (Phi) is 6.33. The van der Waals surface area contributed by atoms with E-state index in [1.165, 1.54) is 26.0 Å². The summed E-state index contributed by atoms with van der Waals surface area (Å²) >= 11 is 14.2. The minimum Gasteiger partial charge on any atom is -0.495 e. The number of pyridine rings is 1. The average Bonchev–Trinajstić information content (AvgIpc) is 2.67. The molecule has 3 rings (SSSR count). The minimum atomic E-state index is -2.97. The van der Waals surface area contributed by atoms with E-state index in [1.54, 1.807) is 18.3 Å². The molecule has 8 nitrogen and oxygen atoms in total. The van der Waals surface area contributed by atoms with E-state index in [4.69, 9.17) is 32.7 Å². The zero-order valence-corrected chi connectivity index (χ0v) is 18.0. The van der Waals surface area contributed by atoms with E-state index < -0.39 is 10.9 Å². The van der Waals surface area contributed by atoms with Crippen molar-refractivity contribution >= 4 is 62.6 Å². The molecule has 1 N–H and O–H groups in total. The zero-order valence-electron chi connectivity index (χ0n) is 14.8. The SMILES string of the molecule is COc1cc(OC)c(Cl)c(-c2cc3cnc(SC)nc3c(N[SH](=O)=O)n2)c1Cl. The van der Waals surface area contributed by atoms with Gasteiger partial charge < -0.3 is 9.47 Å². The number of thioether (sulfide) groups is 1. The summed E-state index contributed by atoms with van der Waals surface area (Å²) in [6, 6.07) is 3.21. The third-order valence-corrected chi connectivity index (χ3v) is 5.46. The van der Waals surface area contributed by atoms with Crippen LogP contribution in [-0.2, 0) is 10.9 Å². The van der Waals surface area contributed by atoms with Gasteiger partial charge in [0, 0.05) is 23.2 Å². The summed E-state index contributed by atoms with van der Waals surface area (Å²) in [5, 5.41) is 1.44. The number of fused-ring (bicyclic) bond motifs is 1. The summed E-state index contributed by atoms with van der Waals surface area (Å²) in [4.78, 5) is 12.9. The summed E-state index contributed by atoms with van der Waals surface area (Å²) < 4.78 is 35.4. The highest BCUT2D eigenvalue weighted by Crippen LogP contribution is 2.46. The Morgan fingerprint density at radius 1 is 1.07 bits per heavy atom. The number of hydrogen-bond donors (Lipinski definition) is 2. The number of ether oxygens (including phenoxy) is 2. The van der Waals surface area contributed by atoms with Gasteiger partial charge in [0.1, 0.15) is 17.0 Å². The number of hydrogen-bond acceptors (Lipinski definition) is 8. The van der Waals surface area contributed by atoms with Crippen LogP contribution in [0.25, 0.3) is 22.2 Å². The standard InChI is InChI=1S/C16H14Cl2N4O4S2/c1-25-9-5-10(26-2)13(18)11(12(9)17)8-4-7-6-19-16(27-3)21-14(7)15(20-8)22-28(23)24/h4-6,28H,1-3H3,(H,20,22,23,24). The van der Waals surface area contributed by atoms with E-state index in [1.807, 2.05) is 6.26 Å². The Bertz CT molecular complexity index is 1110. The molecule has 3 aromatic rings. The molecular formula is C16H14Cl2N4O4S2. The van der Waals surface area contributed by atoms with Crippen LogP contribution in [0.3, 0.4) is 0 Å². The average molecular weight is 461 g/mol. The molecular weight excluding hydrogens is 447 g/mol. The van der Waals surface area contributed by atoms with Crippen LogP contribution in [0.2, 0.25) is 10.0 Å². The number of halogens is 2. The quantitative estimate of drug-likeness (QED) is 0.326. The van der Waals surface area contributed by atoms with E-state index in [-0.39, 0.29) is 15.9 Å². The van der Waals surface area contributed by atoms with Crippen molar-refractivity contribution < 1.29 is 17.9 Å². The van der Waals surface area contributed by atoms with Gasteiger partial charge in [-0.1, -0.05) is 35.0 Å². The first-order valence-corrected chi connectivity index (χ1v) is 10.8. The fourth-order valence-corrected chi connectivity index (χ4v) is 3.89. The van der Waals surface area contributed by atoms with Crippen molar-refractivity contribution in [1.29, 1.82) is 0 Å². The number of nitrogens with zero attached hydrogens (tertiary/aromatic N) is 3. The van der Waals surface area contributed by atoms with Gasteiger partial charge in [0.2, 0.25) is 10.9 Å². The van der Waals surface area contributed by atoms with Crippen LogP contribution in [0, 0.1) is 0 Å². The number of anilines is 1. The second-order valence-corrected chi connectivity index (χ2v) is 7.57. The number of benzene rings is 1. The van der Waals surface area contributed by atoms with Gasteiger partial charge >= 0.3 is 0 Å². The van der Waals surface area contributed by atoms with Gasteiger partial charge in [-0.2, -0.15) is 0 Å². The van der Waals surface area contributed by atoms with Crippen molar-refractivity contribution in [3.8, 4) is 22.8 Å². The predicted octanol–water partition coefficient (Wildman–Crippen LogP) is 3.68. The lowest BCUT2D eigenvalue weighted by molar-refractivity contribution is 0.395. The molecule has 0 aliphatic rings. The van der Waals surface area contributed by atoms with E-state index in [0.717, 1.165) is 0 Å². The Morgan fingerprint density at radius 2 is 1.71 bits per heavy atom. The number of rotatable bonds is 6. The van der Waals surface area contributed by atoms with Gasteiger partial charge in [-0.25, -0.2) is 23.4 Å². The first-order chi connectivity index (χ1) is 13.4. The summed E-state index contributed by atoms with van der Waals surface area (Å²) in [7, 11) is -0.0595. The maximum absolute atomic E-state index is 11.3. The van der Waals surface area contributed by atoms with Gasteiger partial charge in [-0.15, -0.1) is 0 Å². The number of thiol groups is 1. The van der Waals surface area contributed by atoms with Crippen LogP contribution in [0.4, 0.5) is 5.82 Å². The largest absolute Gasteiger partial charge is 0.495 e. The van der Waals surface area contributed by atoms with Crippen molar-refractivity contribution in [2.45, 2.75) is 5.16 Å². The summed E-state index contributed by atoms with van der Waals surface area (Å²) in [6.45, 7) is 0. The molecule has 0 aliphatic heterocycles. The molecule has 0 amide bonds. The number of aromatic nitrogens is 3. The third-order valence-electron chi connectivity index (χ3n) is 3.75. The van der Waals surface area contributed by atoms with Gasteiger partial charge in [-0.3, -0.25) is 4.72 Å². The molecule has 0 unspecified atom stereocenters. The highest BCUT2D eigenvalue weighted by Gasteiger charge is 2.21. The smallest absolute Gasteiger partial charge is 0.223 e. The van der Waals surface area contributed by atoms with Crippen molar-refractivity contribution in [2.75, 3.05) is 25.2 Å². The van der Waals surface area contributed by atoms with Crippen LogP contribution >= 0.6 is 35.0 Å². The van der Waals surface area contributed by atoms with Gasteiger partial charge in [0.15, 0.2) is 11.0 Å². The molecule has 2 aromatic heterocycles. The Balaban J connectivity index is 2.36. The Morgan fingerprint density at radius 3 is 2.25 bits per heavy atom. The molecule has 0 aliphatic carbocycles. The molecule has 0 saturated heterocycles. The lowest BCUT2D eigenvalue weighted by atomic mass is 10.1. The Hall–Kier alpha value is -2.01. The lowest BCUT2D eigenvalue weighted by Crippen LogP contribution is -2.03. The minimum absolute atomic E-state index is 0.0373. The van der Waals surface area contributed by atoms with Crippen LogP contribution in [0.5, 0.6) is 11.5 Å². The van der Waals surface area contributed by atoms with E-state index >= 15 is 0 Å². The van der Waals surface area contributed by atoms with Crippen molar-refractivity contribution in [2.24, 2.45) is 0 Å². The van der Waals surface area contributed by atoms with Crippen LogP contribution in [-0.4, -0.2) is 43.8 Å². The summed E-state index contributed by atoms with van der Waals surface area (Å²) in [6.07, 6.45) is 3.38. The van der Waals surface area contributed by atoms with Crippen LogP contribution in [0.1, 0.15) is 0 Å². The maximum Gasteiger partial charge on any atom is 0.223 e. The van der Waals surface area contributed by atoms with Gasteiger partial charge in [0.05, 0.1) is 30.0 Å². The van der Waals surface area contributed by atoms with E-state index in [2.05, 4.69) is 19.7 Å². The lowest BCUT2D eigenvalue weighted by Gasteiger charge is -2.15. The molecule has 0 radical (unpaired) electrons. The van der Waals surface area contributed by atoms with Crippen molar-refractivity contribution in [1.82, 2.24) is 15.0 Å². The maximum atomic E-state index is 11.3. The number of nitrogens with one attached hydrogen (secondary N) is 1. The number of methoxy groups -OCH3 is 2. The zero-order chi connectivity index (χ0) is 20.4. The second kappa shape index (κ2) is 8.56. The molecule has 0 atom stereocenters. The van der Waals surface area contributed by atoms with Crippen molar-refractivity contribution in [3.05, 3.63) is 28.4 Å². The monoisotopic (exact) mass is 460 g/mol. The topological polar surface area (TPSA) is 103 Å². The first kappa shape index (κ1) is 20.7. The van der Waals surface area contributed by atoms with Crippen LogP contribution in [0.15, 0.2) is 23.5 Å². The summed E-state index contributed by atoms with van der Waals surface area (Å²) in [5.74, 6) is 0.701. The van der Waals surface area contributed by atoms with E-state index in [9.17, 15) is 8.42 Å². The molecule has 1 aromatic carbocycles.